The number of hydrogen-bond acceptors (Lipinski definition) is 4. The van der Waals surface area contributed by atoms with Gasteiger partial charge in [-0.1, -0.05) is 15.9 Å². The molecule has 1 N–H and O–H groups in total. The largest absolute Gasteiger partial charge is 0.462 e. The van der Waals surface area contributed by atoms with Gasteiger partial charge in [-0.2, -0.15) is 5.26 Å². The van der Waals surface area contributed by atoms with Crippen molar-refractivity contribution in [2.75, 3.05) is 11.9 Å². The van der Waals surface area contributed by atoms with Crippen molar-refractivity contribution in [2.45, 2.75) is 6.92 Å². The predicted molar refractivity (Wildman–Crippen MR) is 68.1 cm³/mol. The number of hydrogen-bond donors (Lipinski definition) is 1. The van der Waals surface area contributed by atoms with Gasteiger partial charge in [0, 0.05) is 16.4 Å². The van der Waals surface area contributed by atoms with Gasteiger partial charge in [-0.05, 0) is 31.2 Å². The summed E-state index contributed by atoms with van der Waals surface area (Å²) in [5.74, 6) is -0.625. The van der Waals surface area contributed by atoms with Gasteiger partial charge in [0.05, 0.1) is 6.61 Å². The Bertz CT molecular complexity index is 460. The number of esters is 1. The zero-order valence-electron chi connectivity index (χ0n) is 9.24. The number of nitriles is 1. The Kier molecular flexibility index (Phi) is 5.24. The number of rotatable bonds is 4. The van der Waals surface area contributed by atoms with E-state index in [0.29, 0.717) is 0 Å². The smallest absolute Gasteiger partial charge is 0.350 e. The molecule has 1 aromatic rings. The Morgan fingerprint density at radius 3 is 2.71 bits per heavy atom. The fraction of sp³-hybridized carbons (Fsp3) is 0.167. The summed E-state index contributed by atoms with van der Waals surface area (Å²) in [4.78, 5) is 11.3. The lowest BCUT2D eigenvalue weighted by atomic mass is 10.3. The second kappa shape index (κ2) is 6.71. The molecule has 1 rings (SSSR count). The van der Waals surface area contributed by atoms with Gasteiger partial charge in [-0.3, -0.25) is 0 Å². The molecule has 0 amide bonds. The number of halogens is 1. The maximum atomic E-state index is 11.3. The summed E-state index contributed by atoms with van der Waals surface area (Å²) in [6, 6.07) is 9.13. The van der Waals surface area contributed by atoms with Crippen LogP contribution in [0.25, 0.3) is 0 Å². The van der Waals surface area contributed by atoms with E-state index in [1.807, 2.05) is 24.3 Å². The minimum absolute atomic E-state index is 0.0604. The van der Waals surface area contributed by atoms with Gasteiger partial charge < -0.3 is 10.1 Å². The molecule has 17 heavy (non-hydrogen) atoms. The summed E-state index contributed by atoms with van der Waals surface area (Å²) >= 11 is 3.31. The van der Waals surface area contributed by atoms with Gasteiger partial charge in [-0.25, -0.2) is 4.79 Å². The van der Waals surface area contributed by atoms with Crippen molar-refractivity contribution in [3.63, 3.8) is 0 Å². The first-order chi connectivity index (χ1) is 8.17. The normalized spacial score (nSPS) is 10.5. The molecule has 5 heteroatoms. The topological polar surface area (TPSA) is 62.1 Å². The highest BCUT2D eigenvalue weighted by Crippen LogP contribution is 2.14. The van der Waals surface area contributed by atoms with Gasteiger partial charge in [0.25, 0.3) is 0 Å². The standard InChI is InChI=1S/C12H11BrN2O2/c1-2-17-12(16)9(7-14)8-15-11-5-3-10(13)4-6-11/h3-6,8,15H,2H2,1H3/b9-8-. The SMILES string of the molecule is CCOC(=O)/C(C#N)=C\Nc1ccc(Br)cc1. The average molecular weight is 295 g/mol. The Morgan fingerprint density at radius 1 is 1.53 bits per heavy atom. The monoisotopic (exact) mass is 294 g/mol. The molecule has 0 radical (unpaired) electrons. The van der Waals surface area contributed by atoms with Crippen LogP contribution in [0.1, 0.15) is 6.92 Å². The van der Waals surface area contributed by atoms with Crippen LogP contribution in [-0.2, 0) is 9.53 Å². The second-order valence-corrected chi connectivity index (χ2v) is 3.96. The highest BCUT2D eigenvalue weighted by atomic mass is 79.9. The third-order valence-electron chi connectivity index (χ3n) is 1.84. The summed E-state index contributed by atoms with van der Waals surface area (Å²) in [6.45, 7) is 1.94. The van der Waals surface area contributed by atoms with Gasteiger partial charge >= 0.3 is 5.97 Å². The van der Waals surface area contributed by atoms with Crippen molar-refractivity contribution >= 4 is 27.6 Å². The van der Waals surface area contributed by atoms with E-state index in [2.05, 4.69) is 21.2 Å². The lowest BCUT2D eigenvalue weighted by molar-refractivity contribution is -0.138. The van der Waals surface area contributed by atoms with Crippen molar-refractivity contribution in [3.8, 4) is 6.07 Å². The van der Waals surface area contributed by atoms with E-state index in [-0.39, 0.29) is 12.2 Å². The summed E-state index contributed by atoms with van der Waals surface area (Å²) < 4.78 is 5.68. The van der Waals surface area contributed by atoms with Crippen LogP contribution < -0.4 is 5.32 Å². The van der Waals surface area contributed by atoms with Gasteiger partial charge in [0.2, 0.25) is 0 Å². The number of anilines is 1. The van der Waals surface area contributed by atoms with E-state index >= 15 is 0 Å². The first-order valence-electron chi connectivity index (χ1n) is 4.97. The quantitative estimate of drug-likeness (QED) is 0.527. The maximum Gasteiger partial charge on any atom is 0.350 e. The maximum absolute atomic E-state index is 11.3. The molecule has 1 aromatic carbocycles. The fourth-order valence-electron chi connectivity index (χ4n) is 1.05. The second-order valence-electron chi connectivity index (χ2n) is 3.04. The Labute approximate surface area is 108 Å². The molecule has 4 nitrogen and oxygen atoms in total. The van der Waals surface area contributed by atoms with Crippen LogP contribution in [0.4, 0.5) is 5.69 Å². The van der Waals surface area contributed by atoms with E-state index in [9.17, 15) is 4.79 Å². The molecule has 0 aliphatic carbocycles. The van der Waals surface area contributed by atoms with Crippen LogP contribution in [0, 0.1) is 11.3 Å². The number of benzene rings is 1. The number of carbonyl (C=O) groups excluding carboxylic acids is 1. The van der Waals surface area contributed by atoms with Gasteiger partial charge in [0.15, 0.2) is 5.57 Å². The molecule has 0 saturated heterocycles. The third-order valence-corrected chi connectivity index (χ3v) is 2.37. The molecule has 0 bridgehead atoms. The van der Waals surface area contributed by atoms with Gasteiger partial charge in [-0.15, -0.1) is 0 Å². The predicted octanol–water partition coefficient (Wildman–Crippen LogP) is 2.83. The summed E-state index contributed by atoms with van der Waals surface area (Å²) in [5.41, 5.74) is 0.722. The molecule has 88 valence electrons. The molecule has 0 unspecified atom stereocenters. The third kappa shape index (κ3) is 4.29. The van der Waals surface area contributed by atoms with E-state index < -0.39 is 5.97 Å². The van der Waals surface area contributed by atoms with Crippen LogP contribution in [0.15, 0.2) is 40.5 Å². The van der Waals surface area contributed by atoms with Crippen LogP contribution in [0.2, 0.25) is 0 Å². The van der Waals surface area contributed by atoms with Gasteiger partial charge in [0.1, 0.15) is 6.07 Å². The molecule has 0 heterocycles. The minimum atomic E-state index is -0.625. The molecular weight excluding hydrogens is 284 g/mol. The molecule has 0 saturated carbocycles. The molecule has 0 spiro atoms. The molecule has 0 atom stereocenters. The number of nitrogens with one attached hydrogen (secondary N) is 1. The number of carbonyl (C=O) groups is 1. The summed E-state index contributed by atoms with van der Waals surface area (Å²) in [6.07, 6.45) is 1.33. The van der Waals surface area contributed by atoms with E-state index in [1.165, 1.54) is 6.20 Å². The van der Waals surface area contributed by atoms with Crippen molar-refractivity contribution in [2.24, 2.45) is 0 Å². The van der Waals surface area contributed by atoms with Crippen LogP contribution >= 0.6 is 15.9 Å². The first-order valence-corrected chi connectivity index (χ1v) is 5.76. The average Bonchev–Trinajstić information content (AvgIpc) is 2.32. The lowest BCUT2D eigenvalue weighted by Crippen LogP contribution is -2.07. The van der Waals surface area contributed by atoms with Crippen molar-refractivity contribution in [1.82, 2.24) is 0 Å². The van der Waals surface area contributed by atoms with Crippen molar-refractivity contribution in [3.05, 3.63) is 40.5 Å². The fourth-order valence-corrected chi connectivity index (χ4v) is 1.31. The molecule has 0 aromatic heterocycles. The Hall–Kier alpha value is -1.80. The summed E-state index contributed by atoms with van der Waals surface area (Å²) in [5, 5.41) is 11.6. The molecule has 0 fully saturated rings. The highest BCUT2D eigenvalue weighted by molar-refractivity contribution is 9.10. The Morgan fingerprint density at radius 2 is 2.18 bits per heavy atom. The lowest BCUT2D eigenvalue weighted by Gasteiger charge is -2.02. The minimum Gasteiger partial charge on any atom is -0.462 e. The van der Waals surface area contributed by atoms with Crippen molar-refractivity contribution < 1.29 is 9.53 Å². The highest BCUT2D eigenvalue weighted by Gasteiger charge is 2.08. The van der Waals surface area contributed by atoms with Crippen molar-refractivity contribution in [1.29, 1.82) is 5.26 Å². The zero-order chi connectivity index (χ0) is 12.7. The number of ether oxygens (including phenoxy) is 1. The van der Waals surface area contributed by atoms with E-state index in [4.69, 9.17) is 10.00 Å². The van der Waals surface area contributed by atoms with Crippen LogP contribution in [0.5, 0.6) is 0 Å². The first kappa shape index (κ1) is 13.3. The zero-order valence-corrected chi connectivity index (χ0v) is 10.8. The Balaban J connectivity index is 2.71. The summed E-state index contributed by atoms with van der Waals surface area (Å²) in [7, 11) is 0. The molecular formula is C12H11BrN2O2. The van der Waals surface area contributed by atoms with E-state index in [1.54, 1.807) is 13.0 Å². The number of nitrogens with zero attached hydrogens (tertiary/aromatic N) is 1. The molecule has 0 aliphatic heterocycles. The van der Waals surface area contributed by atoms with Crippen LogP contribution in [0.3, 0.4) is 0 Å². The molecule has 0 aliphatic rings. The van der Waals surface area contributed by atoms with E-state index in [0.717, 1.165) is 10.2 Å². The van der Waals surface area contributed by atoms with Crippen LogP contribution in [-0.4, -0.2) is 12.6 Å².